The zero-order valence-corrected chi connectivity index (χ0v) is 14.5. The van der Waals surface area contributed by atoms with Crippen molar-refractivity contribution in [2.24, 2.45) is 5.14 Å². The highest BCUT2D eigenvalue weighted by atomic mass is 79.9. The van der Waals surface area contributed by atoms with Crippen molar-refractivity contribution in [2.75, 3.05) is 0 Å². The highest BCUT2D eigenvalue weighted by molar-refractivity contribution is 9.10. The van der Waals surface area contributed by atoms with Gasteiger partial charge in [-0.1, -0.05) is 27.7 Å². The SMILES string of the molecule is NS(=O)(=O)c1ccc2nc(Sc3ccc(Br)cc3)sc2c1. The Hall–Kier alpha value is -0.930. The van der Waals surface area contributed by atoms with E-state index >= 15 is 0 Å². The number of benzene rings is 2. The summed E-state index contributed by atoms with van der Waals surface area (Å²) in [7, 11) is -3.68. The predicted octanol–water partition coefficient (Wildman–Crippen LogP) is 3.86. The van der Waals surface area contributed by atoms with Gasteiger partial charge in [0.15, 0.2) is 4.34 Å². The largest absolute Gasteiger partial charge is 0.238 e. The molecule has 0 radical (unpaired) electrons. The van der Waals surface area contributed by atoms with Crippen LogP contribution < -0.4 is 5.14 Å². The van der Waals surface area contributed by atoms with Crippen molar-refractivity contribution in [3.63, 3.8) is 0 Å². The molecule has 2 N–H and O–H groups in total. The topological polar surface area (TPSA) is 73.1 Å². The molecule has 0 amide bonds. The van der Waals surface area contributed by atoms with Crippen LogP contribution in [0.25, 0.3) is 10.2 Å². The molecule has 1 aromatic heterocycles. The summed E-state index contributed by atoms with van der Waals surface area (Å²) in [5.74, 6) is 0. The van der Waals surface area contributed by atoms with Gasteiger partial charge in [0.05, 0.1) is 15.1 Å². The molecule has 4 nitrogen and oxygen atoms in total. The number of hydrogen-bond donors (Lipinski definition) is 1. The van der Waals surface area contributed by atoms with E-state index in [1.54, 1.807) is 23.9 Å². The molecule has 0 aliphatic rings. The molecule has 108 valence electrons. The first-order valence-corrected chi connectivity index (χ1v) is 9.76. The molecule has 0 atom stereocenters. The fourth-order valence-corrected chi connectivity index (χ4v) is 4.67. The number of hydrogen-bond acceptors (Lipinski definition) is 5. The summed E-state index contributed by atoms with van der Waals surface area (Å²) < 4.78 is 25.4. The Kier molecular flexibility index (Phi) is 4.06. The van der Waals surface area contributed by atoms with Gasteiger partial charge in [0.1, 0.15) is 0 Å². The second-order valence-corrected chi connectivity index (χ2v) is 9.04. The Morgan fingerprint density at radius 3 is 2.52 bits per heavy atom. The molecular weight excluding hydrogens is 392 g/mol. The minimum absolute atomic E-state index is 0.110. The van der Waals surface area contributed by atoms with Crippen LogP contribution in [0.3, 0.4) is 0 Å². The molecule has 0 spiro atoms. The normalized spacial score (nSPS) is 11.9. The van der Waals surface area contributed by atoms with Crippen molar-refractivity contribution >= 4 is 59.3 Å². The van der Waals surface area contributed by atoms with Gasteiger partial charge in [-0.05, 0) is 42.5 Å². The van der Waals surface area contributed by atoms with Gasteiger partial charge in [0.25, 0.3) is 0 Å². The summed E-state index contributed by atoms with van der Waals surface area (Å²) in [6, 6.07) is 12.6. The predicted molar refractivity (Wildman–Crippen MR) is 89.3 cm³/mol. The van der Waals surface area contributed by atoms with Crippen molar-refractivity contribution in [1.29, 1.82) is 0 Å². The van der Waals surface area contributed by atoms with Crippen molar-refractivity contribution < 1.29 is 8.42 Å². The van der Waals surface area contributed by atoms with Crippen LogP contribution in [0.4, 0.5) is 0 Å². The van der Waals surface area contributed by atoms with E-state index in [0.717, 1.165) is 23.9 Å². The Morgan fingerprint density at radius 2 is 1.86 bits per heavy atom. The smallest absolute Gasteiger partial charge is 0.229 e. The average Bonchev–Trinajstić information content (AvgIpc) is 2.81. The van der Waals surface area contributed by atoms with Crippen molar-refractivity contribution in [2.45, 2.75) is 14.1 Å². The first kappa shape index (κ1) is 15.0. The van der Waals surface area contributed by atoms with E-state index in [2.05, 4.69) is 20.9 Å². The van der Waals surface area contributed by atoms with E-state index in [4.69, 9.17) is 5.14 Å². The number of halogens is 1. The third kappa shape index (κ3) is 3.46. The quantitative estimate of drug-likeness (QED) is 0.724. The second kappa shape index (κ2) is 5.69. The van der Waals surface area contributed by atoms with Gasteiger partial charge in [-0.15, -0.1) is 11.3 Å². The molecule has 0 saturated heterocycles. The molecule has 0 fully saturated rings. The summed E-state index contributed by atoms with van der Waals surface area (Å²) in [5.41, 5.74) is 0.770. The maximum atomic E-state index is 11.4. The van der Waals surface area contributed by atoms with Gasteiger partial charge in [-0.3, -0.25) is 0 Å². The number of primary sulfonamides is 1. The maximum absolute atomic E-state index is 11.4. The fraction of sp³-hybridized carbons (Fsp3) is 0. The maximum Gasteiger partial charge on any atom is 0.238 e. The molecule has 0 aliphatic heterocycles. The minimum Gasteiger partial charge on any atom is -0.229 e. The molecule has 2 aromatic carbocycles. The van der Waals surface area contributed by atoms with E-state index in [0.29, 0.717) is 0 Å². The molecule has 1 heterocycles. The number of sulfonamides is 1. The van der Waals surface area contributed by atoms with E-state index in [9.17, 15) is 8.42 Å². The number of nitrogens with two attached hydrogens (primary N) is 1. The van der Waals surface area contributed by atoms with Crippen LogP contribution in [0.2, 0.25) is 0 Å². The molecule has 0 saturated carbocycles. The fourth-order valence-electron chi connectivity index (χ4n) is 1.71. The summed E-state index contributed by atoms with van der Waals surface area (Å²) in [6.45, 7) is 0. The van der Waals surface area contributed by atoms with Gasteiger partial charge >= 0.3 is 0 Å². The number of fused-ring (bicyclic) bond motifs is 1. The van der Waals surface area contributed by atoms with Gasteiger partial charge in [0.2, 0.25) is 10.0 Å². The Morgan fingerprint density at radius 1 is 1.14 bits per heavy atom. The third-order valence-corrected chi connectivity index (χ3v) is 6.21. The summed E-state index contributed by atoms with van der Waals surface area (Å²) in [6.07, 6.45) is 0. The average molecular weight is 401 g/mol. The van der Waals surface area contributed by atoms with E-state index in [1.165, 1.54) is 17.4 Å². The first-order valence-electron chi connectivity index (χ1n) is 5.79. The number of thiazole rings is 1. The van der Waals surface area contributed by atoms with Crippen molar-refractivity contribution in [3.8, 4) is 0 Å². The van der Waals surface area contributed by atoms with Crippen LogP contribution in [0, 0.1) is 0 Å². The molecule has 0 unspecified atom stereocenters. The van der Waals surface area contributed by atoms with Crippen molar-refractivity contribution in [1.82, 2.24) is 4.98 Å². The zero-order valence-electron chi connectivity index (χ0n) is 10.5. The zero-order chi connectivity index (χ0) is 15.0. The standard InChI is InChI=1S/C13H9BrN2O2S3/c14-8-1-3-9(4-2-8)19-13-16-11-6-5-10(21(15,17)18)7-12(11)20-13/h1-7H,(H2,15,17,18). The molecule has 21 heavy (non-hydrogen) atoms. The molecule has 3 rings (SSSR count). The molecule has 0 bridgehead atoms. The Labute approximate surface area is 138 Å². The molecule has 8 heteroatoms. The van der Waals surface area contributed by atoms with Crippen LogP contribution in [0.15, 0.2) is 61.1 Å². The molecule has 0 aliphatic carbocycles. The minimum atomic E-state index is -3.68. The molecular formula is C13H9BrN2O2S3. The van der Waals surface area contributed by atoms with E-state index in [-0.39, 0.29) is 4.90 Å². The van der Waals surface area contributed by atoms with Crippen LogP contribution in [-0.4, -0.2) is 13.4 Å². The van der Waals surface area contributed by atoms with Gasteiger partial charge in [-0.2, -0.15) is 0 Å². The third-order valence-electron chi connectivity index (χ3n) is 2.69. The van der Waals surface area contributed by atoms with Gasteiger partial charge < -0.3 is 0 Å². The monoisotopic (exact) mass is 400 g/mol. The highest BCUT2D eigenvalue weighted by Gasteiger charge is 2.11. The lowest BCUT2D eigenvalue weighted by molar-refractivity contribution is 0.598. The lowest BCUT2D eigenvalue weighted by Crippen LogP contribution is -2.11. The highest BCUT2D eigenvalue weighted by Crippen LogP contribution is 2.35. The first-order chi connectivity index (χ1) is 9.91. The van der Waals surface area contributed by atoms with E-state index < -0.39 is 10.0 Å². The lowest BCUT2D eigenvalue weighted by atomic mass is 10.3. The summed E-state index contributed by atoms with van der Waals surface area (Å²) >= 11 is 6.38. The molecule has 3 aromatic rings. The summed E-state index contributed by atoms with van der Waals surface area (Å²) in [4.78, 5) is 5.67. The number of aromatic nitrogens is 1. The summed E-state index contributed by atoms with van der Waals surface area (Å²) in [5, 5.41) is 5.14. The van der Waals surface area contributed by atoms with Crippen molar-refractivity contribution in [3.05, 3.63) is 46.9 Å². The van der Waals surface area contributed by atoms with Gasteiger partial charge in [0, 0.05) is 9.37 Å². The van der Waals surface area contributed by atoms with Crippen LogP contribution >= 0.6 is 39.0 Å². The van der Waals surface area contributed by atoms with Crippen LogP contribution in [0.5, 0.6) is 0 Å². The Balaban J connectivity index is 1.95. The van der Waals surface area contributed by atoms with Crippen LogP contribution in [-0.2, 0) is 10.0 Å². The number of nitrogens with zero attached hydrogens (tertiary/aromatic N) is 1. The second-order valence-electron chi connectivity index (χ2n) is 4.21. The Bertz CT molecular complexity index is 905. The van der Waals surface area contributed by atoms with E-state index in [1.807, 2.05) is 24.3 Å². The number of rotatable bonds is 3. The lowest BCUT2D eigenvalue weighted by Gasteiger charge is -1.96. The van der Waals surface area contributed by atoms with Crippen LogP contribution in [0.1, 0.15) is 0 Å². The van der Waals surface area contributed by atoms with Gasteiger partial charge in [-0.25, -0.2) is 18.5 Å².